The number of piperidine rings is 1. The number of aromatic nitrogens is 1. The Bertz CT molecular complexity index is 690. The number of aliphatic hydroxyl groups is 1. The van der Waals surface area contributed by atoms with E-state index in [1.165, 1.54) is 17.2 Å². The first-order chi connectivity index (χ1) is 10.1. The molecular formula is C15H16N2O4. The van der Waals surface area contributed by atoms with Gasteiger partial charge in [-0.05, 0) is 37.1 Å². The number of pyridine rings is 1. The van der Waals surface area contributed by atoms with Crippen molar-refractivity contribution in [2.45, 2.75) is 18.9 Å². The van der Waals surface area contributed by atoms with E-state index >= 15 is 0 Å². The Morgan fingerprint density at radius 3 is 2.90 bits per heavy atom. The number of carbonyl (C=O) groups excluding carboxylic acids is 1. The topological polar surface area (TPSA) is 86.5 Å². The van der Waals surface area contributed by atoms with Gasteiger partial charge in [0.15, 0.2) is 0 Å². The first-order valence-electron chi connectivity index (χ1n) is 6.89. The number of rotatable bonds is 2. The van der Waals surface area contributed by atoms with E-state index in [-0.39, 0.29) is 18.0 Å². The van der Waals surface area contributed by atoms with Crippen LogP contribution in [0.5, 0.6) is 0 Å². The molecule has 3 rings (SSSR count). The summed E-state index contributed by atoms with van der Waals surface area (Å²) in [6.07, 6.45) is 2.44. The van der Waals surface area contributed by atoms with Crippen molar-refractivity contribution in [3.8, 4) is 11.5 Å². The zero-order chi connectivity index (χ0) is 14.8. The number of hydrogen-bond acceptors (Lipinski definition) is 4. The van der Waals surface area contributed by atoms with Crippen LogP contribution in [-0.4, -0.2) is 40.1 Å². The van der Waals surface area contributed by atoms with Gasteiger partial charge in [0.1, 0.15) is 11.3 Å². The van der Waals surface area contributed by atoms with Gasteiger partial charge >= 0.3 is 0 Å². The Morgan fingerprint density at radius 1 is 1.38 bits per heavy atom. The number of β-amino-alcohol motifs (C(OH)–C–C–N with tert-alkyl or cyclic N) is 1. The lowest BCUT2D eigenvalue weighted by Crippen LogP contribution is -2.43. The highest BCUT2D eigenvalue weighted by molar-refractivity contribution is 5.94. The Morgan fingerprint density at radius 2 is 2.24 bits per heavy atom. The van der Waals surface area contributed by atoms with E-state index in [9.17, 15) is 14.7 Å². The molecule has 1 amide bonds. The largest absolute Gasteiger partial charge is 0.463 e. The molecule has 21 heavy (non-hydrogen) atoms. The number of carbonyl (C=O) groups is 1. The van der Waals surface area contributed by atoms with Crippen LogP contribution in [-0.2, 0) is 0 Å². The molecule has 1 fully saturated rings. The predicted octanol–water partition coefficient (Wildman–Crippen LogP) is 1.23. The molecule has 2 N–H and O–H groups in total. The molecule has 0 radical (unpaired) electrons. The summed E-state index contributed by atoms with van der Waals surface area (Å²) in [5, 5.41) is 9.62. The van der Waals surface area contributed by atoms with Crippen molar-refractivity contribution in [1.82, 2.24) is 9.88 Å². The fourth-order valence-electron chi connectivity index (χ4n) is 2.53. The maximum atomic E-state index is 12.3. The monoisotopic (exact) mass is 288 g/mol. The van der Waals surface area contributed by atoms with Crippen LogP contribution in [0.4, 0.5) is 0 Å². The number of H-pyrrole nitrogens is 1. The van der Waals surface area contributed by atoms with Gasteiger partial charge in [-0.2, -0.15) is 0 Å². The van der Waals surface area contributed by atoms with Crippen molar-refractivity contribution in [1.29, 1.82) is 0 Å². The van der Waals surface area contributed by atoms with Gasteiger partial charge in [0.2, 0.25) is 0 Å². The van der Waals surface area contributed by atoms with E-state index in [1.807, 2.05) is 0 Å². The lowest BCUT2D eigenvalue weighted by Gasteiger charge is -2.29. The third-order valence-electron chi connectivity index (χ3n) is 3.61. The van der Waals surface area contributed by atoms with Crippen molar-refractivity contribution in [3.63, 3.8) is 0 Å². The summed E-state index contributed by atoms with van der Waals surface area (Å²) >= 11 is 0. The molecule has 1 saturated heterocycles. The number of furan rings is 1. The highest BCUT2D eigenvalue weighted by Crippen LogP contribution is 2.17. The first-order valence-corrected chi connectivity index (χ1v) is 6.89. The van der Waals surface area contributed by atoms with Crippen LogP contribution in [0.2, 0.25) is 0 Å². The number of nitrogens with one attached hydrogen (secondary N) is 1. The van der Waals surface area contributed by atoms with Gasteiger partial charge in [0.25, 0.3) is 11.5 Å². The minimum absolute atomic E-state index is 0.0828. The van der Waals surface area contributed by atoms with Crippen molar-refractivity contribution >= 4 is 5.91 Å². The lowest BCUT2D eigenvalue weighted by molar-refractivity contribution is 0.0472. The molecule has 1 aliphatic heterocycles. The van der Waals surface area contributed by atoms with Crippen molar-refractivity contribution in [2.75, 3.05) is 13.1 Å². The molecule has 0 aromatic carbocycles. The summed E-state index contributed by atoms with van der Waals surface area (Å²) < 4.78 is 5.21. The van der Waals surface area contributed by atoms with Crippen molar-refractivity contribution in [2.24, 2.45) is 0 Å². The maximum absolute atomic E-state index is 12.3. The van der Waals surface area contributed by atoms with Gasteiger partial charge in [-0.25, -0.2) is 0 Å². The summed E-state index contributed by atoms with van der Waals surface area (Å²) in [5.41, 5.74) is 0.161. The predicted molar refractivity (Wildman–Crippen MR) is 75.9 cm³/mol. The zero-order valence-electron chi connectivity index (χ0n) is 11.4. The summed E-state index contributed by atoms with van der Waals surface area (Å²) in [6.45, 7) is 0.841. The number of amides is 1. The Kier molecular flexibility index (Phi) is 3.62. The first kappa shape index (κ1) is 13.6. The lowest BCUT2D eigenvalue weighted by atomic mass is 10.1. The summed E-state index contributed by atoms with van der Waals surface area (Å²) in [7, 11) is 0. The van der Waals surface area contributed by atoms with E-state index < -0.39 is 11.7 Å². The van der Waals surface area contributed by atoms with Crippen molar-refractivity contribution in [3.05, 3.63) is 46.4 Å². The second-order valence-corrected chi connectivity index (χ2v) is 5.14. The van der Waals surface area contributed by atoms with Gasteiger partial charge in [0, 0.05) is 13.1 Å². The fourth-order valence-corrected chi connectivity index (χ4v) is 2.53. The normalized spacial score (nSPS) is 18.7. The van der Waals surface area contributed by atoms with Gasteiger partial charge in [0.05, 0.1) is 18.1 Å². The van der Waals surface area contributed by atoms with Crippen LogP contribution in [0.1, 0.15) is 23.2 Å². The molecule has 1 aliphatic rings. The highest BCUT2D eigenvalue weighted by atomic mass is 16.3. The zero-order valence-corrected chi connectivity index (χ0v) is 11.4. The molecule has 3 heterocycles. The molecule has 0 saturated carbocycles. The summed E-state index contributed by atoms with van der Waals surface area (Å²) in [5.74, 6) is 0.195. The Hall–Kier alpha value is -2.34. The molecule has 6 nitrogen and oxygen atoms in total. The molecule has 110 valence electrons. The van der Waals surface area contributed by atoms with Gasteiger partial charge in [-0.3, -0.25) is 9.59 Å². The smallest absolute Gasteiger partial charge is 0.261 e. The minimum Gasteiger partial charge on any atom is -0.463 e. The van der Waals surface area contributed by atoms with Crippen LogP contribution in [0.3, 0.4) is 0 Å². The third-order valence-corrected chi connectivity index (χ3v) is 3.61. The van der Waals surface area contributed by atoms with Crippen molar-refractivity contribution < 1.29 is 14.3 Å². The van der Waals surface area contributed by atoms with Gasteiger partial charge in [-0.15, -0.1) is 0 Å². The number of nitrogens with zero attached hydrogens (tertiary/aromatic N) is 1. The van der Waals surface area contributed by atoms with Gasteiger partial charge in [-0.1, -0.05) is 0 Å². The average Bonchev–Trinajstić information content (AvgIpc) is 3.00. The molecule has 2 aromatic rings. The second kappa shape index (κ2) is 5.57. The Labute approximate surface area is 121 Å². The molecule has 0 bridgehead atoms. The summed E-state index contributed by atoms with van der Waals surface area (Å²) in [6, 6.07) is 6.60. The van der Waals surface area contributed by atoms with E-state index in [1.54, 1.807) is 18.2 Å². The summed E-state index contributed by atoms with van der Waals surface area (Å²) in [4.78, 5) is 28.6. The van der Waals surface area contributed by atoms with Crippen LogP contribution in [0.15, 0.2) is 39.7 Å². The molecule has 1 unspecified atom stereocenters. The quantitative estimate of drug-likeness (QED) is 0.870. The number of likely N-dealkylation sites (tertiary alicyclic amines) is 1. The van der Waals surface area contributed by atoms with E-state index in [0.29, 0.717) is 24.4 Å². The standard InChI is InChI=1S/C15H16N2O4/c18-10-3-1-7-17(9-10)15(20)11-5-6-12(16-14(11)19)13-4-2-8-21-13/h2,4-6,8,10,18H,1,3,7,9H2,(H,16,19). The van der Waals surface area contributed by atoms with E-state index in [2.05, 4.69) is 4.98 Å². The SMILES string of the molecule is O=C(c1ccc(-c2ccco2)[nH]c1=O)N1CCCC(O)C1. The van der Waals surface area contributed by atoms with E-state index in [0.717, 1.165) is 6.42 Å². The molecular weight excluding hydrogens is 272 g/mol. The number of hydrogen-bond donors (Lipinski definition) is 2. The molecule has 6 heteroatoms. The third kappa shape index (κ3) is 2.75. The van der Waals surface area contributed by atoms with Gasteiger partial charge < -0.3 is 19.4 Å². The Balaban J connectivity index is 1.86. The highest BCUT2D eigenvalue weighted by Gasteiger charge is 2.24. The molecule has 2 aromatic heterocycles. The van der Waals surface area contributed by atoms with Crippen LogP contribution >= 0.6 is 0 Å². The van der Waals surface area contributed by atoms with Crippen LogP contribution in [0, 0.1) is 0 Å². The number of aromatic amines is 1. The fraction of sp³-hybridized carbons (Fsp3) is 0.333. The van der Waals surface area contributed by atoms with Crippen LogP contribution in [0.25, 0.3) is 11.5 Å². The molecule has 0 spiro atoms. The average molecular weight is 288 g/mol. The second-order valence-electron chi connectivity index (χ2n) is 5.14. The minimum atomic E-state index is -0.510. The molecule has 0 aliphatic carbocycles. The van der Waals surface area contributed by atoms with E-state index in [4.69, 9.17) is 4.42 Å². The van der Waals surface area contributed by atoms with Crippen LogP contribution < -0.4 is 5.56 Å². The molecule has 1 atom stereocenters. The maximum Gasteiger partial charge on any atom is 0.261 e. The number of aliphatic hydroxyl groups excluding tert-OH is 1.